The lowest BCUT2D eigenvalue weighted by molar-refractivity contribution is 0.962. The third kappa shape index (κ3) is 1.50. The summed E-state index contributed by atoms with van der Waals surface area (Å²) in [6.45, 7) is 5.36. The maximum Gasteiger partial charge on any atom is 0.271 e. The van der Waals surface area contributed by atoms with Crippen LogP contribution in [0.2, 0.25) is 0 Å². The molecule has 0 aliphatic carbocycles. The molecule has 3 heteroatoms. The van der Waals surface area contributed by atoms with Gasteiger partial charge in [-0.1, -0.05) is 24.8 Å². The maximum absolute atomic E-state index is 11.1. The fraction of sp³-hybridized carbons (Fsp3) is 0.111. The first-order valence-electron chi connectivity index (χ1n) is 3.62. The van der Waals surface area contributed by atoms with Gasteiger partial charge in [0.15, 0.2) is 0 Å². The van der Waals surface area contributed by atoms with Crippen LogP contribution in [0, 0.1) is 0 Å². The van der Waals surface area contributed by atoms with Gasteiger partial charge in [0.2, 0.25) is 0 Å². The van der Waals surface area contributed by atoms with E-state index < -0.39 is 0 Å². The number of aromatic nitrogens is 2. The summed E-state index contributed by atoms with van der Waals surface area (Å²) >= 11 is 0. The van der Waals surface area contributed by atoms with Crippen LogP contribution in [0.1, 0.15) is 6.92 Å². The minimum atomic E-state index is -0.173. The van der Waals surface area contributed by atoms with Crippen LogP contribution in [0.25, 0.3) is 12.2 Å². The van der Waals surface area contributed by atoms with Gasteiger partial charge in [-0.05, 0) is 6.92 Å². The van der Waals surface area contributed by atoms with Gasteiger partial charge in [0.25, 0.3) is 5.56 Å². The van der Waals surface area contributed by atoms with E-state index in [-0.39, 0.29) is 5.56 Å². The van der Waals surface area contributed by atoms with Gasteiger partial charge in [-0.15, -0.1) is 0 Å². The number of nitrogens with zero attached hydrogens (tertiary/aromatic N) is 1. The van der Waals surface area contributed by atoms with Crippen LogP contribution in [-0.4, -0.2) is 10.2 Å². The van der Waals surface area contributed by atoms with E-state index in [1.165, 1.54) is 0 Å². The van der Waals surface area contributed by atoms with E-state index in [1.54, 1.807) is 24.4 Å². The van der Waals surface area contributed by atoms with Crippen molar-refractivity contribution in [1.29, 1.82) is 0 Å². The molecule has 0 amide bonds. The first-order valence-corrected chi connectivity index (χ1v) is 3.62. The normalized spacial score (nSPS) is 13.4. The number of aromatic amines is 1. The molecule has 12 heavy (non-hydrogen) atoms. The molecule has 0 aromatic carbocycles. The average Bonchev–Trinajstić information content (AvgIpc) is 2.05. The molecule has 1 rings (SSSR count). The largest absolute Gasteiger partial charge is 0.271 e. The quantitative estimate of drug-likeness (QED) is 0.607. The van der Waals surface area contributed by atoms with Crippen molar-refractivity contribution in [3.05, 3.63) is 39.6 Å². The van der Waals surface area contributed by atoms with Crippen molar-refractivity contribution in [3.63, 3.8) is 0 Å². The second kappa shape index (κ2) is 3.67. The number of H-pyrrole nitrogens is 1. The Morgan fingerprint density at radius 1 is 1.67 bits per heavy atom. The predicted octanol–water partition coefficient (Wildman–Crippen LogP) is -0.463. The van der Waals surface area contributed by atoms with Gasteiger partial charge in [0, 0.05) is 10.4 Å². The molecule has 62 valence electrons. The van der Waals surface area contributed by atoms with E-state index >= 15 is 0 Å². The summed E-state index contributed by atoms with van der Waals surface area (Å²) in [6.07, 6.45) is 6.72. The summed E-state index contributed by atoms with van der Waals surface area (Å²) in [5.41, 5.74) is -0.173. The van der Waals surface area contributed by atoms with E-state index in [0.717, 1.165) is 5.22 Å². The van der Waals surface area contributed by atoms with Gasteiger partial charge in [0.05, 0.1) is 6.20 Å². The molecule has 0 saturated carbocycles. The highest BCUT2D eigenvalue weighted by Gasteiger charge is 1.87. The van der Waals surface area contributed by atoms with Gasteiger partial charge in [-0.25, -0.2) is 5.10 Å². The summed E-state index contributed by atoms with van der Waals surface area (Å²) < 4.78 is 0. The molecule has 0 spiro atoms. The molecule has 0 aliphatic rings. The molecule has 0 saturated heterocycles. The van der Waals surface area contributed by atoms with Crippen LogP contribution < -0.4 is 16.0 Å². The zero-order chi connectivity index (χ0) is 8.97. The molecule has 0 aliphatic heterocycles. The Morgan fingerprint density at radius 2 is 2.42 bits per heavy atom. The molecule has 1 aromatic rings. The van der Waals surface area contributed by atoms with Crippen molar-refractivity contribution in [2.45, 2.75) is 6.92 Å². The summed E-state index contributed by atoms with van der Waals surface area (Å²) in [7, 11) is 0. The van der Waals surface area contributed by atoms with Crippen molar-refractivity contribution in [1.82, 2.24) is 10.2 Å². The van der Waals surface area contributed by atoms with Gasteiger partial charge in [-0.2, -0.15) is 5.10 Å². The Kier molecular flexibility index (Phi) is 2.58. The molecule has 3 nitrogen and oxygen atoms in total. The smallest absolute Gasteiger partial charge is 0.267 e. The Balaban J connectivity index is 3.73. The topological polar surface area (TPSA) is 45.8 Å². The number of rotatable bonds is 1. The Labute approximate surface area is 69.8 Å². The molecule has 0 bridgehead atoms. The maximum atomic E-state index is 11.1. The van der Waals surface area contributed by atoms with E-state index in [2.05, 4.69) is 16.8 Å². The van der Waals surface area contributed by atoms with E-state index in [1.807, 2.05) is 6.92 Å². The lowest BCUT2D eigenvalue weighted by Crippen LogP contribution is -2.40. The molecule has 0 atom stereocenters. The van der Waals surface area contributed by atoms with E-state index in [4.69, 9.17) is 0 Å². The van der Waals surface area contributed by atoms with E-state index in [0.29, 0.717) is 5.22 Å². The summed E-state index contributed by atoms with van der Waals surface area (Å²) in [5.74, 6) is 0. The Hall–Kier alpha value is -1.64. The lowest BCUT2D eigenvalue weighted by atomic mass is 10.3. The van der Waals surface area contributed by atoms with Gasteiger partial charge < -0.3 is 0 Å². The third-order valence-electron chi connectivity index (χ3n) is 1.51. The van der Waals surface area contributed by atoms with Crippen LogP contribution >= 0.6 is 0 Å². The Bertz CT molecular complexity index is 442. The first kappa shape index (κ1) is 8.46. The van der Waals surface area contributed by atoms with Gasteiger partial charge >= 0.3 is 0 Å². The van der Waals surface area contributed by atoms with Crippen LogP contribution in [0.5, 0.6) is 0 Å². The minimum absolute atomic E-state index is 0.173. The monoisotopic (exact) mass is 162 g/mol. The van der Waals surface area contributed by atoms with Crippen molar-refractivity contribution in [3.8, 4) is 0 Å². The molecule has 0 fully saturated rings. The summed E-state index contributed by atoms with van der Waals surface area (Å²) in [5, 5.41) is 7.45. The fourth-order valence-electron chi connectivity index (χ4n) is 0.979. The third-order valence-corrected chi connectivity index (χ3v) is 1.51. The zero-order valence-electron chi connectivity index (χ0n) is 6.87. The van der Waals surface area contributed by atoms with Gasteiger partial charge in [-0.3, -0.25) is 4.79 Å². The highest BCUT2D eigenvalue weighted by atomic mass is 16.1. The number of hydrogen-bond acceptors (Lipinski definition) is 2. The molecule has 1 N–H and O–H groups in total. The van der Waals surface area contributed by atoms with Crippen LogP contribution in [0.4, 0.5) is 0 Å². The highest BCUT2D eigenvalue weighted by molar-refractivity contribution is 5.36. The fourth-order valence-corrected chi connectivity index (χ4v) is 0.979. The first-order chi connectivity index (χ1) is 5.79. The van der Waals surface area contributed by atoms with Crippen molar-refractivity contribution < 1.29 is 0 Å². The Morgan fingerprint density at radius 3 is 3.00 bits per heavy atom. The van der Waals surface area contributed by atoms with Crippen molar-refractivity contribution in [2.24, 2.45) is 0 Å². The molecule has 0 radical (unpaired) electrons. The lowest BCUT2D eigenvalue weighted by Gasteiger charge is -1.85. The van der Waals surface area contributed by atoms with Crippen molar-refractivity contribution >= 4 is 12.2 Å². The van der Waals surface area contributed by atoms with Crippen LogP contribution in [0.3, 0.4) is 0 Å². The molecular weight excluding hydrogens is 152 g/mol. The number of nitrogens with one attached hydrogen (secondary N) is 1. The number of hydrogen-bond donors (Lipinski definition) is 1. The summed E-state index contributed by atoms with van der Waals surface area (Å²) in [6, 6.07) is 0. The molecular formula is C9H10N2O. The highest BCUT2D eigenvalue weighted by Crippen LogP contribution is 1.61. The molecule has 1 aromatic heterocycles. The standard InChI is InChI=1S/C9H10N2O/c1-3-5-7-6-10-11-9(12)8(7)4-2/h3-6H,1H2,2H3,(H,11,12)/b7-5-,8-4+. The minimum Gasteiger partial charge on any atom is -0.267 e. The SMILES string of the molecule is C=C/C=c1/cn[nH]c(=O)/c1=C/C. The van der Waals surface area contributed by atoms with Crippen molar-refractivity contribution in [2.75, 3.05) is 0 Å². The van der Waals surface area contributed by atoms with Gasteiger partial charge in [0.1, 0.15) is 0 Å². The predicted molar refractivity (Wildman–Crippen MR) is 48.9 cm³/mol. The second-order valence-corrected chi connectivity index (χ2v) is 2.26. The molecule has 1 heterocycles. The number of allylic oxidation sites excluding steroid dienone is 1. The zero-order valence-corrected chi connectivity index (χ0v) is 6.87. The summed E-state index contributed by atoms with van der Waals surface area (Å²) in [4.78, 5) is 11.1. The van der Waals surface area contributed by atoms with E-state index in [9.17, 15) is 4.79 Å². The second-order valence-electron chi connectivity index (χ2n) is 2.26. The molecule has 0 unspecified atom stereocenters. The average molecular weight is 162 g/mol. The van der Waals surface area contributed by atoms with Crippen LogP contribution in [-0.2, 0) is 0 Å². The van der Waals surface area contributed by atoms with Crippen LogP contribution in [0.15, 0.2) is 23.6 Å².